The summed E-state index contributed by atoms with van der Waals surface area (Å²) in [6, 6.07) is 7.26. The van der Waals surface area contributed by atoms with Crippen LogP contribution in [0, 0.1) is 5.92 Å². The minimum atomic E-state index is -3.44. The van der Waals surface area contributed by atoms with Gasteiger partial charge in [-0.1, -0.05) is 26.0 Å². The molecule has 0 aliphatic rings. The molecule has 1 aromatic rings. The lowest BCUT2D eigenvalue weighted by molar-refractivity contribution is 0.410. The zero-order valence-electron chi connectivity index (χ0n) is 18.2. The van der Waals surface area contributed by atoms with Crippen LogP contribution in [-0.4, -0.2) is 44.9 Å². The highest BCUT2D eigenvalue weighted by Gasteiger charge is 2.22. The van der Waals surface area contributed by atoms with Crippen molar-refractivity contribution < 1.29 is 8.42 Å². The molecule has 0 aliphatic heterocycles. The topological polar surface area (TPSA) is 73.8 Å². The van der Waals surface area contributed by atoms with Crippen LogP contribution in [0.15, 0.2) is 34.2 Å². The van der Waals surface area contributed by atoms with E-state index in [1.165, 1.54) is 10.7 Å². The summed E-state index contributed by atoms with van der Waals surface area (Å²) in [4.78, 5) is 4.57. The highest BCUT2D eigenvalue weighted by Crippen LogP contribution is 2.17. The first-order valence-electron chi connectivity index (χ1n) is 9.62. The van der Waals surface area contributed by atoms with Crippen molar-refractivity contribution in [1.29, 1.82) is 0 Å². The summed E-state index contributed by atoms with van der Waals surface area (Å²) >= 11 is 0. The first-order valence-corrected chi connectivity index (χ1v) is 11.1. The minimum Gasteiger partial charge on any atom is -0.354 e. The summed E-state index contributed by atoms with van der Waals surface area (Å²) in [5, 5.41) is 6.67. The zero-order valence-corrected chi connectivity index (χ0v) is 21.3. The SMILES string of the molecule is CN=C(NCc1ccc(S(=O)(=O)N(C)C(C)C)cc1)NC(C)CCC(C)C.I. The molecule has 28 heavy (non-hydrogen) atoms. The van der Waals surface area contributed by atoms with Crippen LogP contribution < -0.4 is 10.6 Å². The van der Waals surface area contributed by atoms with Crippen LogP contribution >= 0.6 is 24.0 Å². The third-order valence-electron chi connectivity index (χ3n) is 4.57. The third-order valence-corrected chi connectivity index (χ3v) is 6.62. The summed E-state index contributed by atoms with van der Waals surface area (Å²) in [7, 11) is -0.0888. The van der Waals surface area contributed by atoms with Crippen LogP contribution in [0.3, 0.4) is 0 Å². The van der Waals surface area contributed by atoms with E-state index >= 15 is 0 Å². The minimum absolute atomic E-state index is 0. The number of nitrogens with one attached hydrogen (secondary N) is 2. The molecule has 0 bridgehead atoms. The molecule has 0 aliphatic carbocycles. The van der Waals surface area contributed by atoms with E-state index in [0.717, 1.165) is 17.9 Å². The van der Waals surface area contributed by atoms with Gasteiger partial charge in [0.05, 0.1) is 4.90 Å². The molecule has 2 N–H and O–H groups in total. The maximum Gasteiger partial charge on any atom is 0.243 e. The van der Waals surface area contributed by atoms with Gasteiger partial charge in [0.1, 0.15) is 0 Å². The molecule has 0 heterocycles. The van der Waals surface area contributed by atoms with Crippen LogP contribution in [0.2, 0.25) is 0 Å². The maximum absolute atomic E-state index is 12.5. The molecule has 0 amide bonds. The maximum atomic E-state index is 12.5. The van der Waals surface area contributed by atoms with Gasteiger partial charge in [-0.3, -0.25) is 4.99 Å². The van der Waals surface area contributed by atoms with Crippen LogP contribution in [0.1, 0.15) is 53.0 Å². The smallest absolute Gasteiger partial charge is 0.243 e. The Hall–Kier alpha value is -0.870. The monoisotopic (exact) mass is 524 g/mol. The van der Waals surface area contributed by atoms with Crippen LogP contribution in [-0.2, 0) is 16.6 Å². The molecular weight excluding hydrogens is 487 g/mol. The lowest BCUT2D eigenvalue weighted by Gasteiger charge is -2.21. The predicted molar refractivity (Wildman–Crippen MR) is 129 cm³/mol. The van der Waals surface area contributed by atoms with Gasteiger partial charge in [-0.05, 0) is 57.2 Å². The lowest BCUT2D eigenvalue weighted by atomic mass is 10.0. The number of guanidine groups is 1. The third kappa shape index (κ3) is 8.65. The van der Waals surface area contributed by atoms with Gasteiger partial charge in [0, 0.05) is 32.7 Å². The Morgan fingerprint density at radius 3 is 2.11 bits per heavy atom. The molecule has 0 saturated carbocycles. The summed E-state index contributed by atoms with van der Waals surface area (Å²) in [5.41, 5.74) is 0.999. The van der Waals surface area contributed by atoms with Gasteiger partial charge in [-0.25, -0.2) is 8.42 Å². The number of halogens is 1. The Kier molecular flexibility index (Phi) is 12.2. The first kappa shape index (κ1) is 27.1. The average Bonchev–Trinajstić information content (AvgIpc) is 2.62. The fourth-order valence-electron chi connectivity index (χ4n) is 2.49. The molecule has 0 spiro atoms. The Bertz CT molecular complexity index is 703. The number of nitrogens with zero attached hydrogens (tertiary/aromatic N) is 2. The number of aliphatic imine (C=N–C) groups is 1. The van der Waals surface area contributed by atoms with Gasteiger partial charge in [-0.2, -0.15) is 4.31 Å². The molecule has 6 nitrogen and oxygen atoms in total. The number of hydrogen-bond acceptors (Lipinski definition) is 3. The van der Waals surface area contributed by atoms with Crippen molar-refractivity contribution in [3.8, 4) is 0 Å². The fourth-order valence-corrected chi connectivity index (χ4v) is 3.86. The largest absolute Gasteiger partial charge is 0.354 e. The van der Waals surface area contributed by atoms with Crippen molar-refractivity contribution >= 4 is 40.0 Å². The molecule has 0 saturated heterocycles. The molecule has 8 heteroatoms. The summed E-state index contributed by atoms with van der Waals surface area (Å²) in [5.74, 6) is 1.44. The van der Waals surface area contributed by atoms with E-state index in [-0.39, 0.29) is 30.0 Å². The van der Waals surface area contributed by atoms with E-state index in [1.54, 1.807) is 26.2 Å². The van der Waals surface area contributed by atoms with Crippen molar-refractivity contribution in [2.75, 3.05) is 14.1 Å². The van der Waals surface area contributed by atoms with Crippen molar-refractivity contribution in [2.45, 2.75) is 71.0 Å². The van der Waals surface area contributed by atoms with Crippen molar-refractivity contribution in [3.05, 3.63) is 29.8 Å². The zero-order chi connectivity index (χ0) is 20.6. The van der Waals surface area contributed by atoms with E-state index < -0.39 is 10.0 Å². The van der Waals surface area contributed by atoms with E-state index in [2.05, 4.69) is 36.4 Å². The Morgan fingerprint density at radius 1 is 1.07 bits per heavy atom. The first-order chi connectivity index (χ1) is 12.6. The summed E-state index contributed by atoms with van der Waals surface area (Å²) in [6.45, 7) is 10.9. The van der Waals surface area contributed by atoms with Crippen molar-refractivity contribution in [3.63, 3.8) is 0 Å². The Morgan fingerprint density at radius 2 is 1.64 bits per heavy atom. The second-order valence-electron chi connectivity index (χ2n) is 7.70. The molecule has 1 atom stereocenters. The van der Waals surface area contributed by atoms with Crippen LogP contribution in [0.5, 0.6) is 0 Å². The fraction of sp³-hybridized carbons (Fsp3) is 0.650. The molecule has 0 fully saturated rings. The van der Waals surface area contributed by atoms with Crippen LogP contribution in [0.25, 0.3) is 0 Å². The van der Waals surface area contributed by atoms with Crippen molar-refractivity contribution in [1.82, 2.24) is 14.9 Å². The summed E-state index contributed by atoms with van der Waals surface area (Å²) < 4.78 is 26.4. The Balaban J connectivity index is 0.00000729. The normalized spacial score (nSPS) is 13.6. The molecule has 1 aromatic carbocycles. The number of benzene rings is 1. The van der Waals surface area contributed by atoms with Crippen LogP contribution in [0.4, 0.5) is 0 Å². The second kappa shape index (κ2) is 12.6. The quantitative estimate of drug-likeness (QED) is 0.293. The van der Waals surface area contributed by atoms with Crippen molar-refractivity contribution in [2.24, 2.45) is 10.9 Å². The highest BCUT2D eigenvalue weighted by molar-refractivity contribution is 14.0. The molecule has 0 radical (unpaired) electrons. The lowest BCUT2D eigenvalue weighted by Crippen LogP contribution is -2.41. The summed E-state index contributed by atoms with van der Waals surface area (Å²) in [6.07, 6.45) is 2.26. The number of sulfonamides is 1. The van der Waals surface area contributed by atoms with E-state index in [9.17, 15) is 8.42 Å². The predicted octanol–water partition coefficient (Wildman–Crippen LogP) is 3.82. The standard InChI is InChI=1S/C20H36N4O2S.HI/c1-15(2)8-9-17(5)23-20(21-6)22-14-18-10-12-19(13-11-18)27(25,26)24(7)16(3)4;/h10-13,15-17H,8-9,14H2,1-7H3,(H2,21,22,23);1H. The Labute approximate surface area is 188 Å². The highest BCUT2D eigenvalue weighted by atomic mass is 127. The van der Waals surface area contributed by atoms with Gasteiger partial charge in [0.15, 0.2) is 5.96 Å². The molecule has 1 rings (SSSR count). The molecule has 162 valence electrons. The average molecular weight is 525 g/mol. The van der Waals surface area contributed by atoms with Gasteiger partial charge >= 0.3 is 0 Å². The number of rotatable bonds is 9. The van der Waals surface area contributed by atoms with E-state index in [0.29, 0.717) is 23.4 Å². The van der Waals surface area contributed by atoms with Gasteiger partial charge in [0.2, 0.25) is 10.0 Å². The second-order valence-corrected chi connectivity index (χ2v) is 9.70. The van der Waals surface area contributed by atoms with E-state index in [1.807, 2.05) is 26.0 Å². The van der Waals surface area contributed by atoms with Gasteiger partial charge < -0.3 is 10.6 Å². The van der Waals surface area contributed by atoms with Gasteiger partial charge in [-0.15, -0.1) is 24.0 Å². The van der Waals surface area contributed by atoms with Gasteiger partial charge in [0.25, 0.3) is 0 Å². The van der Waals surface area contributed by atoms with E-state index in [4.69, 9.17) is 0 Å². The molecule has 1 unspecified atom stereocenters. The molecular formula is C20H37IN4O2S. The molecule has 0 aromatic heterocycles. The number of hydrogen-bond donors (Lipinski definition) is 2.